The first kappa shape index (κ1) is 14.3. The molecule has 0 atom stereocenters. The molecule has 5 nitrogen and oxygen atoms in total. The third kappa shape index (κ3) is 2.60. The molecule has 0 radical (unpaired) electrons. The van der Waals surface area contributed by atoms with Crippen LogP contribution in [0.25, 0.3) is 0 Å². The van der Waals surface area contributed by atoms with E-state index in [-0.39, 0.29) is 4.90 Å². The summed E-state index contributed by atoms with van der Waals surface area (Å²) in [5.41, 5.74) is 0.529. The van der Waals surface area contributed by atoms with Crippen molar-refractivity contribution in [2.24, 2.45) is 0 Å². The van der Waals surface area contributed by atoms with Crippen LogP contribution in [-0.4, -0.2) is 27.1 Å². The molecule has 0 aliphatic heterocycles. The Morgan fingerprint density at radius 3 is 2.55 bits per heavy atom. The number of hydrogen-bond acceptors (Lipinski definition) is 4. The number of para-hydroxylation sites is 1. The molecule has 0 saturated carbocycles. The van der Waals surface area contributed by atoms with Crippen LogP contribution in [-0.2, 0) is 10.0 Å². The van der Waals surface area contributed by atoms with E-state index >= 15 is 0 Å². The number of benzene rings is 1. The zero-order valence-corrected chi connectivity index (χ0v) is 12.2. The summed E-state index contributed by atoms with van der Waals surface area (Å²) >= 11 is 0. The highest BCUT2D eigenvalue weighted by Gasteiger charge is 2.26. The van der Waals surface area contributed by atoms with Gasteiger partial charge in [0.05, 0.1) is 19.0 Å². The van der Waals surface area contributed by atoms with Crippen LogP contribution in [0.2, 0.25) is 0 Å². The molecule has 0 amide bonds. The van der Waals surface area contributed by atoms with Crippen molar-refractivity contribution in [2.75, 3.05) is 18.0 Å². The van der Waals surface area contributed by atoms with Crippen molar-refractivity contribution in [1.82, 2.24) is 4.98 Å². The van der Waals surface area contributed by atoms with E-state index in [1.807, 2.05) is 0 Å². The fraction of sp³-hybridized carbons (Fsp3) is 0.214. The van der Waals surface area contributed by atoms with Crippen LogP contribution in [0.1, 0.15) is 6.92 Å². The molecular formula is C14H16N2O3S. The van der Waals surface area contributed by atoms with Crippen molar-refractivity contribution < 1.29 is 13.2 Å². The normalized spacial score (nSPS) is 11.1. The summed E-state index contributed by atoms with van der Waals surface area (Å²) in [6.07, 6.45) is 3.13. The summed E-state index contributed by atoms with van der Waals surface area (Å²) in [6.45, 7) is 2.09. The quantitative estimate of drug-likeness (QED) is 0.848. The molecule has 0 spiro atoms. The maximum atomic E-state index is 12.8. The van der Waals surface area contributed by atoms with Crippen molar-refractivity contribution in [3.63, 3.8) is 0 Å². The number of rotatable bonds is 5. The highest BCUT2D eigenvalue weighted by Crippen LogP contribution is 2.29. The Morgan fingerprint density at radius 1 is 1.20 bits per heavy atom. The van der Waals surface area contributed by atoms with Crippen molar-refractivity contribution in [2.45, 2.75) is 11.8 Å². The van der Waals surface area contributed by atoms with E-state index in [0.29, 0.717) is 18.0 Å². The molecule has 0 aliphatic carbocycles. The first-order valence-corrected chi connectivity index (χ1v) is 7.61. The van der Waals surface area contributed by atoms with E-state index in [0.717, 1.165) is 0 Å². The average molecular weight is 292 g/mol. The van der Waals surface area contributed by atoms with Crippen LogP contribution < -0.4 is 9.04 Å². The number of hydrogen-bond donors (Lipinski definition) is 0. The number of ether oxygens (including phenoxy) is 1. The molecule has 1 heterocycles. The number of nitrogens with zero attached hydrogens (tertiary/aromatic N) is 2. The van der Waals surface area contributed by atoms with Crippen LogP contribution in [0, 0.1) is 0 Å². The number of pyridine rings is 1. The van der Waals surface area contributed by atoms with Crippen LogP contribution in [0.4, 0.5) is 5.69 Å². The van der Waals surface area contributed by atoms with E-state index in [1.54, 1.807) is 43.5 Å². The zero-order chi connectivity index (χ0) is 14.6. The Morgan fingerprint density at radius 2 is 1.95 bits per heavy atom. The molecule has 1 aromatic heterocycles. The summed E-state index contributed by atoms with van der Waals surface area (Å²) in [5, 5.41) is 0. The summed E-state index contributed by atoms with van der Waals surface area (Å²) < 4.78 is 32.0. The third-order valence-corrected chi connectivity index (χ3v) is 4.80. The van der Waals surface area contributed by atoms with E-state index in [9.17, 15) is 8.42 Å². The predicted octanol–water partition coefficient (Wildman–Crippen LogP) is 2.31. The van der Waals surface area contributed by atoms with Gasteiger partial charge in [-0.05, 0) is 31.2 Å². The molecule has 0 aliphatic rings. The van der Waals surface area contributed by atoms with Gasteiger partial charge in [0.1, 0.15) is 10.6 Å². The largest absolute Gasteiger partial charge is 0.495 e. The fourth-order valence-corrected chi connectivity index (χ4v) is 3.56. The number of anilines is 1. The SMILES string of the molecule is CCN(c1cccnc1)S(=O)(=O)c1ccccc1OC. The molecule has 1 aromatic carbocycles. The van der Waals surface area contributed by atoms with Gasteiger partial charge in [-0.25, -0.2) is 8.42 Å². The molecule has 106 valence electrons. The molecule has 0 fully saturated rings. The van der Waals surface area contributed by atoms with Gasteiger partial charge in [-0.1, -0.05) is 12.1 Å². The second-order valence-electron chi connectivity index (χ2n) is 4.03. The van der Waals surface area contributed by atoms with Crippen molar-refractivity contribution in [1.29, 1.82) is 0 Å². The summed E-state index contributed by atoms with van der Waals surface area (Å²) in [4.78, 5) is 4.11. The first-order valence-electron chi connectivity index (χ1n) is 6.17. The lowest BCUT2D eigenvalue weighted by Crippen LogP contribution is -2.31. The molecule has 0 N–H and O–H groups in total. The number of sulfonamides is 1. The van der Waals surface area contributed by atoms with Gasteiger partial charge in [-0.2, -0.15) is 0 Å². The second kappa shape index (κ2) is 5.92. The van der Waals surface area contributed by atoms with Gasteiger partial charge in [0.2, 0.25) is 0 Å². The smallest absolute Gasteiger partial charge is 0.268 e. The highest BCUT2D eigenvalue weighted by molar-refractivity contribution is 7.93. The standard InChI is InChI=1S/C14H16N2O3S/c1-3-16(12-7-6-10-15-11-12)20(17,18)14-9-5-4-8-13(14)19-2/h4-11H,3H2,1-2H3. The zero-order valence-electron chi connectivity index (χ0n) is 11.4. The van der Waals surface area contributed by atoms with Crippen molar-refractivity contribution >= 4 is 15.7 Å². The van der Waals surface area contributed by atoms with Crippen LogP contribution in [0.5, 0.6) is 5.75 Å². The number of methoxy groups -OCH3 is 1. The van der Waals surface area contributed by atoms with Crippen LogP contribution in [0.15, 0.2) is 53.7 Å². The minimum absolute atomic E-state index is 0.146. The monoisotopic (exact) mass is 292 g/mol. The minimum atomic E-state index is -3.68. The van der Waals surface area contributed by atoms with Gasteiger partial charge in [0.15, 0.2) is 0 Å². The highest BCUT2D eigenvalue weighted by atomic mass is 32.2. The molecule has 0 saturated heterocycles. The maximum absolute atomic E-state index is 12.8. The predicted molar refractivity (Wildman–Crippen MR) is 77.4 cm³/mol. The fourth-order valence-electron chi connectivity index (χ4n) is 1.94. The molecule has 0 unspecified atom stereocenters. The lowest BCUT2D eigenvalue weighted by atomic mass is 10.3. The Balaban J connectivity index is 2.53. The summed E-state index contributed by atoms with van der Waals surface area (Å²) in [7, 11) is -2.23. The Bertz CT molecular complexity index is 672. The van der Waals surface area contributed by atoms with E-state index < -0.39 is 10.0 Å². The Labute approximate surface area is 118 Å². The molecule has 2 rings (SSSR count). The lowest BCUT2D eigenvalue weighted by molar-refractivity contribution is 0.402. The summed E-state index contributed by atoms with van der Waals surface area (Å²) in [6, 6.07) is 9.99. The van der Waals surface area contributed by atoms with Gasteiger partial charge in [-0.15, -0.1) is 0 Å². The topological polar surface area (TPSA) is 59.5 Å². The van der Waals surface area contributed by atoms with Gasteiger partial charge in [0.25, 0.3) is 10.0 Å². The van der Waals surface area contributed by atoms with Crippen molar-refractivity contribution in [3.8, 4) is 5.75 Å². The van der Waals surface area contributed by atoms with Gasteiger partial charge in [-0.3, -0.25) is 9.29 Å². The first-order chi connectivity index (χ1) is 9.61. The van der Waals surface area contributed by atoms with Gasteiger partial charge in [0, 0.05) is 12.7 Å². The van der Waals surface area contributed by atoms with Crippen molar-refractivity contribution in [3.05, 3.63) is 48.8 Å². The Kier molecular flexibility index (Phi) is 4.24. The van der Waals surface area contributed by atoms with E-state index in [4.69, 9.17) is 4.74 Å². The van der Waals surface area contributed by atoms with Crippen LogP contribution in [0.3, 0.4) is 0 Å². The minimum Gasteiger partial charge on any atom is -0.495 e. The summed E-state index contributed by atoms with van der Waals surface area (Å²) in [5.74, 6) is 0.329. The second-order valence-corrected chi connectivity index (χ2v) is 5.86. The molecule has 6 heteroatoms. The number of aromatic nitrogens is 1. The van der Waals surface area contributed by atoms with E-state index in [2.05, 4.69) is 4.98 Å². The van der Waals surface area contributed by atoms with Gasteiger partial charge >= 0.3 is 0 Å². The molecule has 0 bridgehead atoms. The Hall–Kier alpha value is -2.08. The lowest BCUT2D eigenvalue weighted by Gasteiger charge is -2.23. The molecule has 20 heavy (non-hydrogen) atoms. The maximum Gasteiger partial charge on any atom is 0.268 e. The van der Waals surface area contributed by atoms with Crippen LogP contribution >= 0.6 is 0 Å². The third-order valence-electron chi connectivity index (χ3n) is 2.86. The molecule has 2 aromatic rings. The average Bonchev–Trinajstić information content (AvgIpc) is 2.48. The molecular weight excluding hydrogens is 276 g/mol. The van der Waals surface area contributed by atoms with Gasteiger partial charge < -0.3 is 4.74 Å². The van der Waals surface area contributed by atoms with E-state index in [1.165, 1.54) is 23.7 Å².